The summed E-state index contributed by atoms with van der Waals surface area (Å²) in [6.45, 7) is 7.98. The summed E-state index contributed by atoms with van der Waals surface area (Å²) >= 11 is 0. The standard InChI is InChI=1S/C19H28O8/c1-10-6-12-19(27-15(3,4)26-12)17(10)7-13(25-8-17)16(5,23)18(19,14(21)22)9-24-11(2)20/h10,12-13,23H,6-9H2,1-5H3,(H,21,22)/t10-,12-,13-,16+,17-,18+,19-/m1/s1. The van der Waals surface area contributed by atoms with E-state index in [4.69, 9.17) is 18.9 Å². The Hall–Kier alpha value is -1.22. The summed E-state index contributed by atoms with van der Waals surface area (Å²) in [6, 6.07) is 0. The maximum atomic E-state index is 12.9. The van der Waals surface area contributed by atoms with Crippen molar-refractivity contribution in [1.29, 1.82) is 0 Å². The highest BCUT2D eigenvalue weighted by molar-refractivity contribution is 5.81. The van der Waals surface area contributed by atoms with Gasteiger partial charge in [0, 0.05) is 12.3 Å². The molecule has 0 aromatic heterocycles. The minimum absolute atomic E-state index is 0.0655. The molecule has 4 rings (SSSR count). The molecule has 4 fully saturated rings. The zero-order valence-electron chi connectivity index (χ0n) is 16.4. The van der Waals surface area contributed by atoms with E-state index in [1.165, 1.54) is 13.8 Å². The number of ether oxygens (including phenoxy) is 4. The number of aliphatic carboxylic acids is 1. The lowest BCUT2D eigenvalue weighted by Gasteiger charge is -2.60. The molecule has 8 heteroatoms. The van der Waals surface area contributed by atoms with Crippen LogP contribution in [-0.4, -0.2) is 64.6 Å². The minimum atomic E-state index is -1.92. The maximum absolute atomic E-state index is 12.9. The molecule has 27 heavy (non-hydrogen) atoms. The second kappa shape index (κ2) is 5.23. The molecule has 0 amide bonds. The summed E-state index contributed by atoms with van der Waals surface area (Å²) in [5.74, 6) is -2.85. The Morgan fingerprint density at radius 3 is 2.48 bits per heavy atom. The van der Waals surface area contributed by atoms with Gasteiger partial charge in [-0.1, -0.05) is 6.92 Å². The molecule has 7 atom stereocenters. The van der Waals surface area contributed by atoms with Crippen molar-refractivity contribution in [2.75, 3.05) is 13.2 Å². The molecule has 2 N–H and O–H groups in total. The molecular formula is C19H28O8. The van der Waals surface area contributed by atoms with Crippen molar-refractivity contribution in [2.45, 2.75) is 76.7 Å². The van der Waals surface area contributed by atoms with Gasteiger partial charge in [0.25, 0.3) is 0 Å². The molecule has 0 unspecified atom stereocenters. The first kappa shape index (κ1) is 19.1. The number of carbonyl (C=O) groups is 2. The van der Waals surface area contributed by atoms with Gasteiger partial charge >= 0.3 is 11.9 Å². The Balaban J connectivity index is 2.01. The van der Waals surface area contributed by atoms with Gasteiger partial charge < -0.3 is 29.2 Å². The van der Waals surface area contributed by atoms with Crippen LogP contribution in [0.3, 0.4) is 0 Å². The van der Waals surface area contributed by atoms with Crippen LogP contribution in [0.15, 0.2) is 0 Å². The van der Waals surface area contributed by atoms with E-state index < -0.39 is 58.6 Å². The van der Waals surface area contributed by atoms with Crippen LogP contribution in [0.2, 0.25) is 0 Å². The van der Waals surface area contributed by atoms with Gasteiger partial charge in [0.1, 0.15) is 17.8 Å². The van der Waals surface area contributed by atoms with Crippen LogP contribution in [0.25, 0.3) is 0 Å². The number of esters is 1. The first-order valence-corrected chi connectivity index (χ1v) is 9.45. The molecule has 0 radical (unpaired) electrons. The van der Waals surface area contributed by atoms with E-state index in [1.807, 2.05) is 6.92 Å². The molecule has 2 aliphatic heterocycles. The van der Waals surface area contributed by atoms with E-state index in [-0.39, 0.29) is 12.5 Å². The van der Waals surface area contributed by atoms with Gasteiger partial charge in [-0.2, -0.15) is 0 Å². The van der Waals surface area contributed by atoms with Crippen LogP contribution in [0.4, 0.5) is 0 Å². The molecule has 2 saturated carbocycles. The Kier molecular flexibility index (Phi) is 3.70. The van der Waals surface area contributed by atoms with Crippen molar-refractivity contribution in [3.05, 3.63) is 0 Å². The van der Waals surface area contributed by atoms with Crippen LogP contribution in [0, 0.1) is 16.7 Å². The lowest BCUT2D eigenvalue weighted by Crippen LogP contribution is -2.79. The molecule has 2 saturated heterocycles. The fraction of sp³-hybridized carbons (Fsp3) is 0.895. The summed E-state index contributed by atoms with van der Waals surface area (Å²) in [5, 5.41) is 22.1. The zero-order chi connectivity index (χ0) is 20.0. The normalized spacial score (nSPS) is 52.3. The monoisotopic (exact) mass is 384 g/mol. The third-order valence-electron chi connectivity index (χ3n) is 7.61. The highest BCUT2D eigenvalue weighted by Gasteiger charge is 2.89. The molecule has 8 nitrogen and oxygen atoms in total. The van der Waals surface area contributed by atoms with E-state index >= 15 is 0 Å². The van der Waals surface area contributed by atoms with Crippen LogP contribution in [-0.2, 0) is 28.5 Å². The van der Waals surface area contributed by atoms with Crippen LogP contribution in [0.5, 0.6) is 0 Å². The third kappa shape index (κ3) is 1.92. The van der Waals surface area contributed by atoms with Gasteiger partial charge in [-0.3, -0.25) is 9.59 Å². The van der Waals surface area contributed by atoms with Crippen LogP contribution >= 0.6 is 0 Å². The number of carboxylic acids is 1. The first-order chi connectivity index (χ1) is 12.4. The number of carboxylic acid groups (broad SMARTS) is 1. The fourth-order valence-electron chi connectivity index (χ4n) is 6.45. The van der Waals surface area contributed by atoms with Crippen molar-refractivity contribution in [2.24, 2.45) is 16.7 Å². The molecule has 152 valence electrons. The number of aliphatic hydroxyl groups is 1. The zero-order valence-corrected chi connectivity index (χ0v) is 16.4. The summed E-state index contributed by atoms with van der Waals surface area (Å²) in [4.78, 5) is 24.5. The number of rotatable bonds is 3. The lowest BCUT2D eigenvalue weighted by molar-refractivity contribution is -0.298. The van der Waals surface area contributed by atoms with Crippen molar-refractivity contribution < 1.29 is 38.7 Å². The predicted molar refractivity (Wildman–Crippen MR) is 90.7 cm³/mol. The molecule has 2 spiro atoms. The van der Waals surface area contributed by atoms with Crippen molar-refractivity contribution >= 4 is 11.9 Å². The van der Waals surface area contributed by atoms with Gasteiger partial charge in [-0.25, -0.2) is 0 Å². The average Bonchev–Trinajstić information content (AvgIpc) is 3.12. The van der Waals surface area contributed by atoms with Gasteiger partial charge in [0.05, 0.1) is 18.8 Å². The largest absolute Gasteiger partial charge is 0.481 e. The Labute approximate surface area is 158 Å². The quantitative estimate of drug-likeness (QED) is 0.696. The number of hydrogen-bond donors (Lipinski definition) is 2. The Morgan fingerprint density at radius 2 is 1.89 bits per heavy atom. The minimum Gasteiger partial charge on any atom is -0.481 e. The highest BCUT2D eigenvalue weighted by Crippen LogP contribution is 2.74. The van der Waals surface area contributed by atoms with Crippen molar-refractivity contribution in [1.82, 2.24) is 0 Å². The summed E-state index contributed by atoms with van der Waals surface area (Å²) < 4.78 is 23.8. The maximum Gasteiger partial charge on any atom is 0.319 e. The van der Waals surface area contributed by atoms with E-state index in [2.05, 4.69) is 0 Å². The van der Waals surface area contributed by atoms with E-state index in [1.54, 1.807) is 13.8 Å². The highest BCUT2D eigenvalue weighted by atomic mass is 16.8. The summed E-state index contributed by atoms with van der Waals surface area (Å²) in [6.07, 6.45) is -0.178. The van der Waals surface area contributed by atoms with E-state index in [0.717, 1.165) is 0 Å². The van der Waals surface area contributed by atoms with Crippen LogP contribution in [0.1, 0.15) is 47.5 Å². The molecule has 4 aliphatic rings. The number of hydrogen-bond acceptors (Lipinski definition) is 7. The van der Waals surface area contributed by atoms with Crippen LogP contribution < -0.4 is 0 Å². The topological polar surface area (TPSA) is 112 Å². The average molecular weight is 384 g/mol. The third-order valence-corrected chi connectivity index (χ3v) is 7.61. The SMILES string of the molecule is CC(=O)OC[C@@]1(C(=O)O)[C@@]23OC(C)(C)O[C@@H]2C[C@@H](C)[C@@]32CO[C@H](C2)[C@]1(C)O. The number of carbonyl (C=O) groups excluding carboxylic acids is 1. The molecule has 2 aliphatic carbocycles. The Morgan fingerprint density at radius 1 is 1.22 bits per heavy atom. The summed E-state index contributed by atoms with van der Waals surface area (Å²) in [5.41, 5.74) is -5.76. The lowest BCUT2D eigenvalue weighted by atomic mass is 9.46. The molecule has 2 bridgehead atoms. The van der Waals surface area contributed by atoms with Gasteiger partial charge in [0.15, 0.2) is 11.2 Å². The smallest absolute Gasteiger partial charge is 0.319 e. The fourth-order valence-corrected chi connectivity index (χ4v) is 6.45. The summed E-state index contributed by atoms with van der Waals surface area (Å²) in [7, 11) is 0. The van der Waals surface area contributed by atoms with Crippen molar-refractivity contribution in [3.63, 3.8) is 0 Å². The number of fused-ring (bicyclic) bond motifs is 1. The Bertz CT molecular complexity index is 702. The van der Waals surface area contributed by atoms with E-state index in [9.17, 15) is 19.8 Å². The van der Waals surface area contributed by atoms with E-state index in [0.29, 0.717) is 12.8 Å². The van der Waals surface area contributed by atoms with Gasteiger partial charge in [0.2, 0.25) is 0 Å². The van der Waals surface area contributed by atoms with Crippen molar-refractivity contribution in [3.8, 4) is 0 Å². The molecule has 0 aromatic rings. The molecule has 0 aromatic carbocycles. The second-order valence-corrected chi connectivity index (χ2v) is 9.28. The van der Waals surface area contributed by atoms with Gasteiger partial charge in [-0.05, 0) is 39.5 Å². The second-order valence-electron chi connectivity index (χ2n) is 9.28. The predicted octanol–water partition coefficient (Wildman–Crippen LogP) is 1.09. The molecule has 2 heterocycles. The first-order valence-electron chi connectivity index (χ1n) is 9.45. The van der Waals surface area contributed by atoms with Gasteiger partial charge in [-0.15, -0.1) is 0 Å². The molecular weight excluding hydrogens is 356 g/mol.